The number of carbonyl (C=O) groups excluding carboxylic acids is 1. The maximum absolute atomic E-state index is 12.6. The molecule has 0 saturated heterocycles. The van der Waals surface area contributed by atoms with Crippen LogP contribution in [0.4, 0.5) is 0 Å². The Kier molecular flexibility index (Phi) is 12.4. The largest absolute Gasteiger partial charge is 0.490 e. The molecule has 1 aromatic heterocycles. The highest BCUT2D eigenvalue weighted by molar-refractivity contribution is 6.34. The molecule has 0 bridgehead atoms. The van der Waals surface area contributed by atoms with E-state index in [2.05, 4.69) is 11.1 Å². The first-order valence-corrected chi connectivity index (χ1v) is 17.2. The van der Waals surface area contributed by atoms with Gasteiger partial charge < -0.3 is 39.9 Å². The zero-order valence-electron chi connectivity index (χ0n) is 27.0. The number of carbonyl (C=O) groups is 1. The van der Waals surface area contributed by atoms with E-state index in [4.69, 9.17) is 37.8 Å². The fourth-order valence-electron chi connectivity index (χ4n) is 5.74. The molecular weight excluding hydrogens is 659 g/mol. The van der Waals surface area contributed by atoms with E-state index in [9.17, 15) is 25.2 Å². The molecule has 2 saturated carbocycles. The molecule has 2 fully saturated rings. The van der Waals surface area contributed by atoms with E-state index >= 15 is 0 Å². The van der Waals surface area contributed by atoms with Crippen LogP contribution in [0, 0.1) is 0 Å². The molecule has 5 rings (SSSR count). The summed E-state index contributed by atoms with van der Waals surface area (Å²) in [7, 11) is 1.48. The molecule has 2 aliphatic rings. The van der Waals surface area contributed by atoms with Gasteiger partial charge in [-0.3, -0.25) is 9.78 Å². The number of para-hydroxylation sites is 1. The predicted octanol–water partition coefficient (Wildman–Crippen LogP) is 4.41. The first kappa shape index (κ1) is 36.5. The van der Waals surface area contributed by atoms with Crippen molar-refractivity contribution < 1.29 is 39.8 Å². The minimum Gasteiger partial charge on any atom is -0.490 e. The monoisotopic (exact) mass is 702 g/mol. The lowest BCUT2D eigenvalue weighted by atomic mass is 9.96. The number of aliphatic hydroxyl groups is 5. The highest BCUT2D eigenvalue weighted by Crippen LogP contribution is 2.53. The number of halogens is 2. The van der Waals surface area contributed by atoms with Crippen molar-refractivity contribution in [3.05, 3.63) is 81.6 Å². The van der Waals surface area contributed by atoms with Gasteiger partial charge >= 0.3 is 0 Å². The van der Waals surface area contributed by atoms with Gasteiger partial charge in [-0.1, -0.05) is 41.4 Å². The second-order valence-corrected chi connectivity index (χ2v) is 13.6. The van der Waals surface area contributed by atoms with Gasteiger partial charge in [-0.2, -0.15) is 0 Å². The zero-order chi connectivity index (χ0) is 34.4. The molecule has 48 heavy (non-hydrogen) atoms. The van der Waals surface area contributed by atoms with Crippen LogP contribution in [0.1, 0.15) is 61.6 Å². The lowest BCUT2D eigenvalue weighted by Gasteiger charge is -2.28. The van der Waals surface area contributed by atoms with Crippen LogP contribution in [0.2, 0.25) is 10.0 Å². The molecule has 0 unspecified atom stereocenters. The molecule has 10 nitrogen and oxygen atoms in total. The first-order chi connectivity index (χ1) is 23.0. The van der Waals surface area contributed by atoms with Crippen LogP contribution in [0.3, 0.4) is 0 Å². The third-order valence-electron chi connectivity index (χ3n) is 9.03. The van der Waals surface area contributed by atoms with Crippen LogP contribution in [0.15, 0.2) is 54.9 Å². The number of amides is 1. The Hall–Kier alpha value is -2.80. The normalized spacial score (nSPS) is 17.8. The van der Waals surface area contributed by atoms with Crippen LogP contribution in [-0.2, 0) is 28.2 Å². The fourth-order valence-corrected chi connectivity index (χ4v) is 6.26. The van der Waals surface area contributed by atoms with E-state index in [-0.39, 0.29) is 31.6 Å². The Balaban J connectivity index is 1.13. The van der Waals surface area contributed by atoms with E-state index in [1.807, 2.05) is 42.6 Å². The number of hydrogen-bond acceptors (Lipinski definition) is 9. The molecule has 4 atom stereocenters. The fraction of sp³-hybridized carbons (Fsp3) is 0.500. The second kappa shape index (κ2) is 16.3. The lowest BCUT2D eigenvalue weighted by Crippen LogP contribution is -2.49. The molecule has 0 spiro atoms. The first-order valence-electron chi connectivity index (χ1n) is 16.4. The third kappa shape index (κ3) is 9.05. The van der Waals surface area contributed by atoms with Crippen molar-refractivity contribution in [2.24, 2.45) is 0 Å². The van der Waals surface area contributed by atoms with Gasteiger partial charge in [0.15, 0.2) is 0 Å². The smallest absolute Gasteiger partial charge is 0.222 e. The van der Waals surface area contributed by atoms with Gasteiger partial charge in [0.05, 0.1) is 24.9 Å². The Labute approximate surface area is 290 Å². The van der Waals surface area contributed by atoms with Crippen molar-refractivity contribution in [1.29, 1.82) is 0 Å². The zero-order valence-corrected chi connectivity index (χ0v) is 28.5. The number of unbranched alkanes of at least 4 members (excludes halogenated alkanes) is 1. The summed E-state index contributed by atoms with van der Waals surface area (Å²) in [5, 5.41) is 49.5. The van der Waals surface area contributed by atoms with Gasteiger partial charge in [-0.25, -0.2) is 0 Å². The van der Waals surface area contributed by atoms with Gasteiger partial charge in [-0.15, -0.1) is 0 Å². The molecule has 1 heterocycles. The Morgan fingerprint density at radius 1 is 0.979 bits per heavy atom. The number of pyridine rings is 1. The maximum Gasteiger partial charge on any atom is 0.222 e. The van der Waals surface area contributed by atoms with Crippen LogP contribution < -0.4 is 4.74 Å². The van der Waals surface area contributed by atoms with E-state index in [1.54, 1.807) is 6.20 Å². The minimum atomic E-state index is -1.74. The van der Waals surface area contributed by atoms with Crippen molar-refractivity contribution >= 4 is 29.1 Å². The minimum absolute atomic E-state index is 0.202. The molecule has 260 valence electrons. The third-order valence-corrected chi connectivity index (χ3v) is 9.73. The Bertz CT molecular complexity index is 1550. The molecule has 2 aromatic carbocycles. The molecule has 1 amide bonds. The van der Waals surface area contributed by atoms with Gasteiger partial charge in [-0.05, 0) is 85.9 Å². The summed E-state index contributed by atoms with van der Waals surface area (Å²) >= 11 is 13.4. The summed E-state index contributed by atoms with van der Waals surface area (Å²) < 4.78 is 12.8. The van der Waals surface area contributed by atoms with E-state index in [0.717, 1.165) is 59.3 Å². The quantitative estimate of drug-likeness (QED) is 0.121. The SMILES string of the molecule is CN(C[C@H](O)[C@@H](O)[C@H](O)[C@H](O)CO)C(=O)CCCCc1cc(Cl)c(COC2(c3cnccc3-c3ccccc3OC3CC3)CC2)cc1Cl. The molecule has 0 aliphatic heterocycles. The van der Waals surface area contributed by atoms with Gasteiger partial charge in [0.25, 0.3) is 0 Å². The average molecular weight is 704 g/mol. The van der Waals surface area contributed by atoms with Crippen LogP contribution in [-0.4, -0.2) is 92.0 Å². The number of aliphatic hydroxyl groups excluding tert-OH is 5. The van der Waals surface area contributed by atoms with Crippen LogP contribution in [0.5, 0.6) is 5.75 Å². The molecule has 3 aromatic rings. The Morgan fingerprint density at radius 2 is 1.67 bits per heavy atom. The molecule has 12 heteroatoms. The summed E-state index contributed by atoms with van der Waals surface area (Å²) in [6, 6.07) is 13.8. The van der Waals surface area contributed by atoms with Gasteiger partial charge in [0, 0.05) is 53.6 Å². The van der Waals surface area contributed by atoms with Crippen molar-refractivity contribution in [1.82, 2.24) is 9.88 Å². The number of nitrogens with zero attached hydrogens (tertiary/aromatic N) is 2. The van der Waals surface area contributed by atoms with Crippen LogP contribution >= 0.6 is 23.2 Å². The highest BCUT2D eigenvalue weighted by Gasteiger charge is 2.48. The standard InChI is InChI=1S/C36H44Cl2N2O8/c1-40(19-30(42)34(45)35(46)31(43)20-41)33(44)9-5-2-6-22-16-29(38)23(17-28(22)37)21-47-36(13-14-36)27-18-39-15-12-25(27)26-7-3-4-8-32(26)48-24-10-11-24/h3-4,7-8,12,15-18,24,30-31,34-35,41-43,45-46H,2,5-6,9-11,13-14,19-21H2,1H3/t30-,31+,34+,35+/m0/s1. The number of likely N-dealkylation sites (N-methyl/N-ethyl adjacent to an activating group) is 1. The highest BCUT2D eigenvalue weighted by atomic mass is 35.5. The summed E-state index contributed by atoms with van der Waals surface area (Å²) in [5.41, 5.74) is 4.28. The number of aromatic nitrogens is 1. The van der Waals surface area contributed by atoms with Crippen molar-refractivity contribution in [3.8, 4) is 16.9 Å². The number of ether oxygens (including phenoxy) is 2. The van der Waals surface area contributed by atoms with Crippen molar-refractivity contribution in [2.75, 3.05) is 20.2 Å². The molecule has 2 aliphatic carbocycles. The summed E-state index contributed by atoms with van der Waals surface area (Å²) in [6.07, 6.45) is 3.31. The summed E-state index contributed by atoms with van der Waals surface area (Å²) in [6.45, 7) is -0.734. The summed E-state index contributed by atoms with van der Waals surface area (Å²) in [4.78, 5) is 18.3. The Morgan fingerprint density at radius 3 is 2.38 bits per heavy atom. The van der Waals surface area contributed by atoms with Crippen LogP contribution in [0.25, 0.3) is 11.1 Å². The topological polar surface area (TPSA) is 153 Å². The van der Waals surface area contributed by atoms with Gasteiger partial charge in [0.2, 0.25) is 5.91 Å². The van der Waals surface area contributed by atoms with Crippen molar-refractivity contribution in [2.45, 2.75) is 94.1 Å². The number of aryl methyl sites for hydroxylation is 1. The predicted molar refractivity (Wildman–Crippen MR) is 182 cm³/mol. The maximum atomic E-state index is 12.6. The number of benzene rings is 2. The van der Waals surface area contributed by atoms with E-state index < -0.39 is 36.6 Å². The van der Waals surface area contributed by atoms with Crippen molar-refractivity contribution in [3.63, 3.8) is 0 Å². The number of rotatable bonds is 18. The average Bonchev–Trinajstić information content (AvgIpc) is 4.04. The lowest BCUT2D eigenvalue weighted by molar-refractivity contribution is -0.138. The molecule has 0 radical (unpaired) electrons. The van der Waals surface area contributed by atoms with E-state index in [0.29, 0.717) is 29.3 Å². The molecular formula is C36H44Cl2N2O8. The van der Waals surface area contributed by atoms with Gasteiger partial charge in [0.1, 0.15) is 30.2 Å². The van der Waals surface area contributed by atoms with E-state index in [1.165, 1.54) is 11.9 Å². The molecule has 5 N–H and O–H groups in total. The second-order valence-electron chi connectivity index (χ2n) is 12.8. The number of hydrogen-bond donors (Lipinski definition) is 5. The summed E-state index contributed by atoms with van der Waals surface area (Å²) in [5.74, 6) is 0.621.